The number of anilines is 1. The highest BCUT2D eigenvalue weighted by atomic mass is 16.2. The van der Waals surface area contributed by atoms with Gasteiger partial charge in [0.15, 0.2) is 5.96 Å². The van der Waals surface area contributed by atoms with E-state index < -0.39 is 0 Å². The topological polar surface area (TPSA) is 68.8 Å². The zero-order chi connectivity index (χ0) is 20.6. The number of nitrogens with one attached hydrogen (secondary N) is 3. The van der Waals surface area contributed by atoms with Gasteiger partial charge in [-0.2, -0.15) is 0 Å². The summed E-state index contributed by atoms with van der Waals surface area (Å²) in [6, 6.07) is 17.0. The second-order valence-corrected chi connectivity index (χ2v) is 7.56. The molecule has 0 spiro atoms. The predicted molar refractivity (Wildman–Crippen MR) is 119 cm³/mol. The van der Waals surface area contributed by atoms with Gasteiger partial charge in [0.1, 0.15) is 0 Å². The van der Waals surface area contributed by atoms with Crippen LogP contribution in [-0.4, -0.2) is 45.1 Å². The Bertz CT molecular complexity index is 847. The summed E-state index contributed by atoms with van der Waals surface area (Å²) in [6.45, 7) is 7.82. The van der Waals surface area contributed by atoms with Gasteiger partial charge in [0.25, 0.3) is 0 Å². The van der Waals surface area contributed by atoms with Crippen LogP contribution in [-0.2, 0) is 11.3 Å². The molecule has 154 valence electrons. The molecular weight excluding hydrogens is 362 g/mol. The van der Waals surface area contributed by atoms with Crippen molar-refractivity contribution >= 4 is 17.6 Å². The van der Waals surface area contributed by atoms with Crippen molar-refractivity contribution in [2.24, 2.45) is 4.99 Å². The summed E-state index contributed by atoms with van der Waals surface area (Å²) >= 11 is 0. The number of carbonyl (C=O) groups excluding carboxylic acids is 1. The standard InChI is InChI=1S/C23H31N5O/c1-17-5-4-6-20(13-17)18(2)14-26-23(24-3)27-15-19-7-9-21(10-8-19)28-12-11-25-22(29)16-28/h4-10,13,18H,11-12,14-16H2,1-3H3,(H,25,29)(H2,24,26,27). The van der Waals surface area contributed by atoms with Crippen LogP contribution < -0.4 is 20.9 Å². The molecule has 0 saturated carbocycles. The van der Waals surface area contributed by atoms with Gasteiger partial charge in [-0.05, 0) is 36.1 Å². The van der Waals surface area contributed by atoms with Crippen LogP contribution in [0.5, 0.6) is 0 Å². The van der Waals surface area contributed by atoms with Crippen LogP contribution in [0.2, 0.25) is 0 Å². The SMILES string of the molecule is CN=C(NCc1ccc(N2CCNC(=O)C2)cc1)NCC(C)c1cccc(C)c1. The monoisotopic (exact) mass is 393 g/mol. The molecule has 0 aromatic heterocycles. The maximum absolute atomic E-state index is 11.6. The Morgan fingerprint density at radius 2 is 2.00 bits per heavy atom. The molecule has 3 rings (SSSR count). The lowest BCUT2D eigenvalue weighted by Crippen LogP contribution is -2.47. The Morgan fingerprint density at radius 1 is 1.21 bits per heavy atom. The second kappa shape index (κ2) is 9.96. The maximum atomic E-state index is 11.6. The molecule has 2 aromatic carbocycles. The second-order valence-electron chi connectivity index (χ2n) is 7.56. The molecular formula is C23H31N5O. The van der Waals surface area contributed by atoms with Crippen molar-refractivity contribution in [2.45, 2.75) is 26.3 Å². The highest BCUT2D eigenvalue weighted by molar-refractivity contribution is 5.82. The minimum absolute atomic E-state index is 0.0803. The van der Waals surface area contributed by atoms with Crippen LogP contribution in [0.15, 0.2) is 53.5 Å². The van der Waals surface area contributed by atoms with E-state index in [2.05, 4.69) is 88.2 Å². The molecule has 1 aliphatic heterocycles. The molecule has 6 heteroatoms. The number of guanidine groups is 1. The van der Waals surface area contributed by atoms with E-state index in [0.717, 1.165) is 24.7 Å². The van der Waals surface area contributed by atoms with Gasteiger partial charge in [-0.25, -0.2) is 0 Å². The highest BCUT2D eigenvalue weighted by Crippen LogP contribution is 2.17. The Hall–Kier alpha value is -3.02. The number of piperazine rings is 1. The zero-order valence-electron chi connectivity index (χ0n) is 17.5. The van der Waals surface area contributed by atoms with Crippen molar-refractivity contribution in [3.63, 3.8) is 0 Å². The number of aliphatic imine (C=N–C) groups is 1. The van der Waals surface area contributed by atoms with Crippen molar-refractivity contribution in [1.29, 1.82) is 0 Å². The Labute approximate surface area is 173 Å². The molecule has 2 aromatic rings. The third-order valence-corrected chi connectivity index (χ3v) is 5.21. The van der Waals surface area contributed by atoms with Gasteiger partial charge in [0, 0.05) is 38.9 Å². The third-order valence-electron chi connectivity index (χ3n) is 5.21. The fourth-order valence-corrected chi connectivity index (χ4v) is 3.43. The van der Waals surface area contributed by atoms with E-state index in [0.29, 0.717) is 25.6 Å². The van der Waals surface area contributed by atoms with Crippen LogP contribution in [0, 0.1) is 6.92 Å². The fraction of sp³-hybridized carbons (Fsp3) is 0.391. The van der Waals surface area contributed by atoms with Crippen molar-refractivity contribution < 1.29 is 4.79 Å². The van der Waals surface area contributed by atoms with E-state index in [-0.39, 0.29) is 5.91 Å². The number of rotatable bonds is 6. The fourth-order valence-electron chi connectivity index (χ4n) is 3.43. The van der Waals surface area contributed by atoms with Crippen LogP contribution in [0.25, 0.3) is 0 Å². The molecule has 0 radical (unpaired) electrons. The lowest BCUT2D eigenvalue weighted by Gasteiger charge is -2.28. The van der Waals surface area contributed by atoms with E-state index in [4.69, 9.17) is 0 Å². The van der Waals surface area contributed by atoms with Gasteiger partial charge < -0.3 is 20.9 Å². The van der Waals surface area contributed by atoms with Crippen molar-refractivity contribution in [3.05, 3.63) is 65.2 Å². The molecule has 0 aliphatic carbocycles. The quantitative estimate of drug-likeness (QED) is 0.521. The highest BCUT2D eigenvalue weighted by Gasteiger charge is 2.16. The largest absolute Gasteiger partial charge is 0.360 e. The molecule has 0 bridgehead atoms. The average molecular weight is 394 g/mol. The van der Waals surface area contributed by atoms with Crippen LogP contribution in [0.4, 0.5) is 5.69 Å². The molecule has 1 unspecified atom stereocenters. The van der Waals surface area contributed by atoms with Gasteiger partial charge in [-0.3, -0.25) is 9.79 Å². The number of benzene rings is 2. The summed E-state index contributed by atoms with van der Waals surface area (Å²) in [4.78, 5) is 18.0. The van der Waals surface area contributed by atoms with Gasteiger partial charge in [-0.15, -0.1) is 0 Å². The van der Waals surface area contributed by atoms with Crippen molar-refractivity contribution in [3.8, 4) is 0 Å². The summed E-state index contributed by atoms with van der Waals surface area (Å²) in [6.07, 6.45) is 0. The van der Waals surface area contributed by atoms with Gasteiger partial charge in [-0.1, -0.05) is 48.9 Å². The average Bonchev–Trinajstić information content (AvgIpc) is 2.74. The Balaban J connectivity index is 1.48. The van der Waals surface area contributed by atoms with Crippen LogP contribution >= 0.6 is 0 Å². The van der Waals surface area contributed by atoms with E-state index in [1.165, 1.54) is 16.7 Å². The Kier molecular flexibility index (Phi) is 7.11. The lowest BCUT2D eigenvalue weighted by molar-refractivity contribution is -0.120. The number of hydrogen-bond donors (Lipinski definition) is 3. The van der Waals surface area contributed by atoms with E-state index in [1.807, 2.05) is 0 Å². The first-order valence-corrected chi connectivity index (χ1v) is 10.2. The number of carbonyl (C=O) groups is 1. The van der Waals surface area contributed by atoms with Crippen molar-refractivity contribution in [1.82, 2.24) is 16.0 Å². The van der Waals surface area contributed by atoms with Gasteiger partial charge in [0.05, 0.1) is 6.54 Å². The predicted octanol–water partition coefficient (Wildman–Crippen LogP) is 2.40. The van der Waals surface area contributed by atoms with Gasteiger partial charge >= 0.3 is 0 Å². The molecule has 1 fully saturated rings. The minimum atomic E-state index is 0.0803. The maximum Gasteiger partial charge on any atom is 0.239 e. The minimum Gasteiger partial charge on any atom is -0.360 e. The van der Waals surface area contributed by atoms with E-state index >= 15 is 0 Å². The molecule has 6 nitrogen and oxygen atoms in total. The molecule has 1 atom stereocenters. The summed E-state index contributed by atoms with van der Waals surface area (Å²) in [5, 5.41) is 9.64. The van der Waals surface area contributed by atoms with E-state index in [9.17, 15) is 4.79 Å². The summed E-state index contributed by atoms with van der Waals surface area (Å²) in [5.41, 5.74) is 4.86. The molecule has 29 heavy (non-hydrogen) atoms. The molecule has 1 aliphatic rings. The van der Waals surface area contributed by atoms with Crippen LogP contribution in [0.3, 0.4) is 0 Å². The first kappa shape index (κ1) is 20.7. The van der Waals surface area contributed by atoms with Crippen LogP contribution in [0.1, 0.15) is 29.5 Å². The zero-order valence-corrected chi connectivity index (χ0v) is 17.5. The third kappa shape index (κ3) is 5.98. The Morgan fingerprint density at radius 3 is 2.69 bits per heavy atom. The molecule has 3 N–H and O–H groups in total. The molecule has 1 amide bonds. The normalized spacial score (nSPS) is 15.6. The summed E-state index contributed by atoms with van der Waals surface area (Å²) < 4.78 is 0. The number of nitrogens with zero attached hydrogens (tertiary/aromatic N) is 2. The van der Waals surface area contributed by atoms with E-state index in [1.54, 1.807) is 7.05 Å². The molecule has 1 saturated heterocycles. The summed E-state index contributed by atoms with van der Waals surface area (Å²) in [7, 11) is 1.79. The number of amides is 1. The van der Waals surface area contributed by atoms with Crippen molar-refractivity contribution in [2.75, 3.05) is 38.1 Å². The smallest absolute Gasteiger partial charge is 0.239 e. The first-order chi connectivity index (χ1) is 14.0. The lowest BCUT2D eigenvalue weighted by atomic mass is 9.99. The summed E-state index contributed by atoms with van der Waals surface area (Å²) in [5.74, 6) is 1.27. The molecule has 1 heterocycles. The van der Waals surface area contributed by atoms with Gasteiger partial charge in [0.2, 0.25) is 5.91 Å². The first-order valence-electron chi connectivity index (χ1n) is 10.2. The number of aryl methyl sites for hydroxylation is 1. The number of hydrogen-bond acceptors (Lipinski definition) is 3.